The fourth-order valence-corrected chi connectivity index (χ4v) is 0.796. The molecule has 3 heteroatoms. The van der Waals surface area contributed by atoms with Gasteiger partial charge in [-0.25, -0.2) is 4.98 Å². The highest BCUT2D eigenvalue weighted by Gasteiger charge is 2.02. The van der Waals surface area contributed by atoms with Crippen LogP contribution in [0.15, 0.2) is 12.3 Å². The van der Waals surface area contributed by atoms with Crippen molar-refractivity contribution in [2.45, 2.75) is 20.0 Å². The predicted octanol–water partition coefficient (Wildman–Crippen LogP) is 2.32. The molecule has 0 aromatic carbocycles. The van der Waals surface area contributed by atoms with E-state index in [0.29, 0.717) is 10.9 Å². The zero-order valence-corrected chi connectivity index (χ0v) is 7.22. The van der Waals surface area contributed by atoms with Crippen molar-refractivity contribution in [2.24, 2.45) is 0 Å². The average molecular weight is 171 g/mol. The van der Waals surface area contributed by atoms with Gasteiger partial charge in [0.1, 0.15) is 5.02 Å². The Kier molecular flexibility index (Phi) is 2.71. The van der Waals surface area contributed by atoms with Crippen LogP contribution < -0.4 is 4.74 Å². The normalized spacial score (nSPS) is 10.2. The van der Waals surface area contributed by atoms with Crippen LogP contribution in [0.25, 0.3) is 0 Å². The van der Waals surface area contributed by atoms with Crippen LogP contribution in [-0.4, -0.2) is 11.1 Å². The summed E-state index contributed by atoms with van der Waals surface area (Å²) >= 11 is 5.75. The van der Waals surface area contributed by atoms with Crippen LogP contribution >= 0.6 is 11.6 Å². The SMILES string of the molecule is CC(C)Oc1nc[c]cc1Cl. The van der Waals surface area contributed by atoms with E-state index in [1.807, 2.05) is 13.8 Å². The number of hydrogen-bond donors (Lipinski definition) is 0. The summed E-state index contributed by atoms with van der Waals surface area (Å²) < 4.78 is 5.28. The molecule has 1 aromatic rings. The molecule has 0 aliphatic carbocycles. The molecule has 0 N–H and O–H groups in total. The highest BCUT2D eigenvalue weighted by molar-refractivity contribution is 6.31. The molecular formula is C8H9ClNO. The molecule has 59 valence electrons. The molecule has 0 atom stereocenters. The first-order valence-corrected chi connectivity index (χ1v) is 3.76. The van der Waals surface area contributed by atoms with E-state index in [4.69, 9.17) is 16.3 Å². The number of ether oxygens (including phenoxy) is 1. The smallest absolute Gasteiger partial charge is 0.232 e. The van der Waals surface area contributed by atoms with E-state index >= 15 is 0 Å². The van der Waals surface area contributed by atoms with Crippen LogP contribution in [0.2, 0.25) is 5.02 Å². The summed E-state index contributed by atoms with van der Waals surface area (Å²) in [6.45, 7) is 3.85. The van der Waals surface area contributed by atoms with Gasteiger partial charge in [0.05, 0.1) is 6.10 Å². The van der Waals surface area contributed by atoms with Crippen molar-refractivity contribution < 1.29 is 4.74 Å². The molecule has 0 unspecified atom stereocenters. The second-order valence-electron chi connectivity index (χ2n) is 2.39. The van der Waals surface area contributed by atoms with Gasteiger partial charge in [-0.15, -0.1) is 0 Å². The summed E-state index contributed by atoms with van der Waals surface area (Å²) in [6.07, 6.45) is 1.63. The molecule has 0 aliphatic heterocycles. The lowest BCUT2D eigenvalue weighted by Crippen LogP contribution is -2.06. The van der Waals surface area contributed by atoms with Gasteiger partial charge in [0.15, 0.2) is 0 Å². The van der Waals surface area contributed by atoms with Crippen molar-refractivity contribution in [3.8, 4) is 5.88 Å². The summed E-state index contributed by atoms with van der Waals surface area (Å²) in [6, 6.07) is 4.38. The third kappa shape index (κ3) is 2.39. The van der Waals surface area contributed by atoms with Gasteiger partial charge in [-0.05, 0) is 19.9 Å². The first-order chi connectivity index (χ1) is 5.20. The number of rotatable bonds is 2. The summed E-state index contributed by atoms with van der Waals surface area (Å²) in [5.41, 5.74) is 0. The molecule has 0 saturated heterocycles. The predicted molar refractivity (Wildman–Crippen MR) is 43.8 cm³/mol. The molecule has 1 rings (SSSR count). The van der Waals surface area contributed by atoms with Crippen LogP contribution in [0, 0.1) is 6.07 Å². The molecule has 0 aliphatic rings. The van der Waals surface area contributed by atoms with Crippen molar-refractivity contribution in [1.82, 2.24) is 4.98 Å². The van der Waals surface area contributed by atoms with Crippen molar-refractivity contribution in [3.63, 3.8) is 0 Å². The van der Waals surface area contributed by atoms with E-state index in [2.05, 4.69) is 11.1 Å². The van der Waals surface area contributed by atoms with E-state index < -0.39 is 0 Å². The van der Waals surface area contributed by atoms with Crippen LogP contribution in [0.5, 0.6) is 5.88 Å². The Morgan fingerprint density at radius 1 is 1.64 bits per heavy atom. The van der Waals surface area contributed by atoms with Gasteiger partial charge in [0.25, 0.3) is 0 Å². The standard InChI is InChI=1S/C8H9ClNO/c1-6(2)11-8-7(9)4-3-5-10-8/h4-6H,1-2H3. The highest BCUT2D eigenvalue weighted by atomic mass is 35.5. The van der Waals surface area contributed by atoms with E-state index in [1.165, 1.54) is 6.20 Å². The lowest BCUT2D eigenvalue weighted by atomic mass is 10.4. The van der Waals surface area contributed by atoms with Gasteiger partial charge in [0.2, 0.25) is 5.88 Å². The Labute approximate surface area is 71.2 Å². The molecule has 0 fully saturated rings. The first kappa shape index (κ1) is 8.34. The summed E-state index contributed by atoms with van der Waals surface area (Å²) in [5, 5.41) is 0.501. The third-order valence-corrected chi connectivity index (χ3v) is 1.29. The summed E-state index contributed by atoms with van der Waals surface area (Å²) in [5.74, 6) is 0.473. The highest BCUT2D eigenvalue weighted by Crippen LogP contribution is 2.20. The maximum atomic E-state index is 5.75. The molecule has 0 amide bonds. The van der Waals surface area contributed by atoms with E-state index in [1.54, 1.807) is 6.07 Å². The zero-order valence-electron chi connectivity index (χ0n) is 6.47. The van der Waals surface area contributed by atoms with Gasteiger partial charge in [-0.1, -0.05) is 11.6 Å². The first-order valence-electron chi connectivity index (χ1n) is 3.38. The Morgan fingerprint density at radius 2 is 2.36 bits per heavy atom. The second kappa shape index (κ2) is 3.58. The van der Waals surface area contributed by atoms with E-state index in [0.717, 1.165) is 0 Å². The Morgan fingerprint density at radius 3 is 2.91 bits per heavy atom. The molecule has 2 nitrogen and oxygen atoms in total. The van der Waals surface area contributed by atoms with E-state index in [-0.39, 0.29) is 6.10 Å². The van der Waals surface area contributed by atoms with Gasteiger partial charge in [-0.2, -0.15) is 0 Å². The van der Waals surface area contributed by atoms with Gasteiger partial charge >= 0.3 is 0 Å². The Hall–Kier alpha value is -0.760. The number of pyridine rings is 1. The topological polar surface area (TPSA) is 22.1 Å². The summed E-state index contributed by atoms with van der Waals surface area (Å²) in [7, 11) is 0. The number of aromatic nitrogens is 1. The quantitative estimate of drug-likeness (QED) is 0.680. The minimum Gasteiger partial charge on any atom is -0.474 e. The Balaban J connectivity index is 2.78. The van der Waals surface area contributed by atoms with Crippen molar-refractivity contribution in [1.29, 1.82) is 0 Å². The van der Waals surface area contributed by atoms with Crippen LogP contribution in [-0.2, 0) is 0 Å². The van der Waals surface area contributed by atoms with Gasteiger partial charge in [0, 0.05) is 12.3 Å². The zero-order chi connectivity index (χ0) is 8.27. The molecule has 11 heavy (non-hydrogen) atoms. The minimum absolute atomic E-state index is 0.0994. The monoisotopic (exact) mass is 170 g/mol. The van der Waals surface area contributed by atoms with Gasteiger partial charge in [-0.3, -0.25) is 0 Å². The molecule has 1 aromatic heterocycles. The molecule has 0 spiro atoms. The van der Waals surface area contributed by atoms with Crippen LogP contribution in [0.1, 0.15) is 13.8 Å². The minimum atomic E-state index is 0.0994. The number of nitrogens with zero attached hydrogens (tertiary/aromatic N) is 1. The molecule has 1 radical (unpaired) electrons. The molecular weight excluding hydrogens is 162 g/mol. The molecule has 0 bridgehead atoms. The van der Waals surface area contributed by atoms with E-state index in [9.17, 15) is 0 Å². The largest absolute Gasteiger partial charge is 0.474 e. The average Bonchev–Trinajstić information content (AvgIpc) is 1.93. The third-order valence-electron chi connectivity index (χ3n) is 1.02. The Bertz CT molecular complexity index is 237. The number of halogens is 1. The van der Waals surface area contributed by atoms with Crippen LogP contribution in [0.3, 0.4) is 0 Å². The second-order valence-corrected chi connectivity index (χ2v) is 2.80. The fourth-order valence-electron chi connectivity index (χ4n) is 0.640. The van der Waals surface area contributed by atoms with Crippen molar-refractivity contribution in [3.05, 3.63) is 23.4 Å². The van der Waals surface area contributed by atoms with Gasteiger partial charge < -0.3 is 4.74 Å². The maximum absolute atomic E-state index is 5.75. The molecule has 1 heterocycles. The van der Waals surface area contributed by atoms with Crippen molar-refractivity contribution >= 4 is 11.6 Å². The number of hydrogen-bond acceptors (Lipinski definition) is 2. The maximum Gasteiger partial charge on any atom is 0.232 e. The van der Waals surface area contributed by atoms with Crippen LogP contribution in [0.4, 0.5) is 0 Å². The van der Waals surface area contributed by atoms with Crippen molar-refractivity contribution in [2.75, 3.05) is 0 Å². The molecule has 0 saturated carbocycles. The lowest BCUT2D eigenvalue weighted by Gasteiger charge is -2.08. The lowest BCUT2D eigenvalue weighted by molar-refractivity contribution is 0.233. The summed E-state index contributed by atoms with van der Waals surface area (Å²) in [4.78, 5) is 3.91. The fraction of sp³-hybridized carbons (Fsp3) is 0.375.